The Hall–Kier alpha value is -1.42. The predicted molar refractivity (Wildman–Crippen MR) is 56.1 cm³/mol. The van der Waals surface area contributed by atoms with E-state index in [1.807, 2.05) is 26.0 Å². The van der Waals surface area contributed by atoms with Gasteiger partial charge < -0.3 is 5.11 Å². The number of fused-ring (bicyclic) bond motifs is 1. The average Bonchev–Trinajstić information content (AvgIpc) is 2.48. The lowest BCUT2D eigenvalue weighted by Gasteiger charge is -1.98. The van der Waals surface area contributed by atoms with E-state index >= 15 is 0 Å². The fourth-order valence-electron chi connectivity index (χ4n) is 1.35. The Morgan fingerprint density at radius 2 is 2.00 bits per heavy atom. The quantitative estimate of drug-likeness (QED) is 0.782. The normalized spacial score (nSPS) is 10.7. The second-order valence-electron chi connectivity index (χ2n) is 3.27. The molecule has 14 heavy (non-hydrogen) atoms. The van der Waals surface area contributed by atoms with Crippen molar-refractivity contribution in [3.8, 4) is 0 Å². The fraction of sp³-hybridized carbons (Fsp3) is 0.200. The molecule has 1 N–H and O–H groups in total. The molecule has 0 aliphatic rings. The van der Waals surface area contributed by atoms with Crippen molar-refractivity contribution in [3.63, 3.8) is 0 Å². The topological polar surface area (TPSA) is 50.2 Å². The Labute approximate surface area is 85.2 Å². The summed E-state index contributed by atoms with van der Waals surface area (Å²) < 4.78 is 4.85. The second kappa shape index (κ2) is 3.06. The van der Waals surface area contributed by atoms with Gasteiger partial charge in [0.25, 0.3) is 0 Å². The maximum atomic E-state index is 10.8. The lowest BCUT2D eigenvalue weighted by atomic mass is 10.1. The van der Waals surface area contributed by atoms with Crippen molar-refractivity contribution in [2.45, 2.75) is 13.8 Å². The zero-order valence-electron chi connectivity index (χ0n) is 7.87. The molecule has 0 saturated carbocycles. The molecule has 72 valence electrons. The molecular weight excluding hydrogens is 198 g/mol. The van der Waals surface area contributed by atoms with Crippen LogP contribution in [0.4, 0.5) is 0 Å². The Balaban J connectivity index is 2.80. The molecule has 0 radical (unpaired) electrons. The van der Waals surface area contributed by atoms with Crippen LogP contribution in [-0.4, -0.2) is 15.4 Å². The van der Waals surface area contributed by atoms with E-state index in [4.69, 9.17) is 5.11 Å². The van der Waals surface area contributed by atoms with Crippen LogP contribution in [0, 0.1) is 13.8 Å². The lowest BCUT2D eigenvalue weighted by molar-refractivity contribution is 0.0694. The number of aryl methyl sites for hydroxylation is 2. The molecule has 1 aromatic heterocycles. The molecule has 0 amide bonds. The number of aromatic carboxylic acids is 1. The first-order chi connectivity index (χ1) is 6.59. The number of carbonyl (C=O) groups is 1. The number of hydrogen-bond donors (Lipinski definition) is 1. The van der Waals surface area contributed by atoms with Crippen LogP contribution < -0.4 is 0 Å². The van der Waals surface area contributed by atoms with Crippen molar-refractivity contribution in [1.82, 2.24) is 4.37 Å². The fourth-order valence-corrected chi connectivity index (χ4v) is 2.20. The van der Waals surface area contributed by atoms with Crippen LogP contribution in [0.2, 0.25) is 0 Å². The Morgan fingerprint density at radius 3 is 2.64 bits per heavy atom. The molecular formula is C10H9NO2S. The number of benzene rings is 1. The number of aromatic nitrogens is 1. The van der Waals surface area contributed by atoms with Crippen molar-refractivity contribution in [2.24, 2.45) is 0 Å². The van der Waals surface area contributed by atoms with Crippen LogP contribution in [0.25, 0.3) is 10.1 Å². The summed E-state index contributed by atoms with van der Waals surface area (Å²) in [6.07, 6.45) is 0. The molecule has 4 heteroatoms. The summed E-state index contributed by atoms with van der Waals surface area (Å²) in [6.45, 7) is 3.98. The Kier molecular flexibility index (Phi) is 2.00. The number of nitrogens with zero attached hydrogens (tertiary/aromatic N) is 1. The molecule has 0 bridgehead atoms. The van der Waals surface area contributed by atoms with Gasteiger partial charge in [0.2, 0.25) is 0 Å². The van der Waals surface area contributed by atoms with E-state index in [0.29, 0.717) is 0 Å². The number of carboxylic acids is 1. The van der Waals surface area contributed by atoms with Crippen molar-refractivity contribution < 1.29 is 9.90 Å². The van der Waals surface area contributed by atoms with Gasteiger partial charge in [0.15, 0.2) is 5.69 Å². The Morgan fingerprint density at radius 1 is 1.36 bits per heavy atom. The maximum absolute atomic E-state index is 10.8. The van der Waals surface area contributed by atoms with Gasteiger partial charge in [0.05, 0.1) is 4.70 Å². The minimum absolute atomic E-state index is 0.160. The van der Waals surface area contributed by atoms with E-state index in [1.54, 1.807) is 0 Å². The maximum Gasteiger partial charge on any atom is 0.356 e. The monoisotopic (exact) mass is 207 g/mol. The highest BCUT2D eigenvalue weighted by Crippen LogP contribution is 2.25. The van der Waals surface area contributed by atoms with Crippen molar-refractivity contribution in [1.29, 1.82) is 0 Å². The highest BCUT2D eigenvalue weighted by Gasteiger charge is 2.13. The third kappa shape index (κ3) is 1.28. The van der Waals surface area contributed by atoms with Gasteiger partial charge in [0, 0.05) is 5.39 Å². The molecule has 3 nitrogen and oxygen atoms in total. The van der Waals surface area contributed by atoms with Crippen LogP contribution in [0.3, 0.4) is 0 Å². The van der Waals surface area contributed by atoms with Gasteiger partial charge in [-0.15, -0.1) is 0 Å². The molecule has 0 aliphatic carbocycles. The standard InChI is InChI=1S/C10H9NO2S/c1-5-3-7-8(4-6(5)2)14-11-9(7)10(12)13/h3-4H,1-2H3,(H,12,13). The van der Waals surface area contributed by atoms with Gasteiger partial charge in [-0.05, 0) is 48.6 Å². The van der Waals surface area contributed by atoms with Gasteiger partial charge in [-0.2, -0.15) is 4.37 Å². The van der Waals surface area contributed by atoms with Crippen LogP contribution in [0.5, 0.6) is 0 Å². The summed E-state index contributed by atoms with van der Waals surface area (Å²) in [5.41, 5.74) is 2.42. The summed E-state index contributed by atoms with van der Waals surface area (Å²) in [5, 5.41) is 9.62. The van der Waals surface area contributed by atoms with Gasteiger partial charge >= 0.3 is 5.97 Å². The van der Waals surface area contributed by atoms with Crippen molar-refractivity contribution in [2.75, 3.05) is 0 Å². The third-order valence-electron chi connectivity index (χ3n) is 2.29. The van der Waals surface area contributed by atoms with E-state index < -0.39 is 5.97 Å². The molecule has 0 aliphatic heterocycles. The first-order valence-corrected chi connectivity index (χ1v) is 4.97. The molecule has 1 aromatic carbocycles. The van der Waals surface area contributed by atoms with Crippen LogP contribution in [0.1, 0.15) is 21.6 Å². The smallest absolute Gasteiger partial charge is 0.356 e. The first kappa shape index (κ1) is 9.15. The molecule has 0 unspecified atom stereocenters. The first-order valence-electron chi connectivity index (χ1n) is 4.19. The number of carboxylic acid groups (broad SMARTS) is 1. The van der Waals surface area contributed by atoms with Crippen LogP contribution in [-0.2, 0) is 0 Å². The largest absolute Gasteiger partial charge is 0.476 e. The minimum atomic E-state index is -0.959. The van der Waals surface area contributed by atoms with Crippen LogP contribution in [0.15, 0.2) is 12.1 Å². The summed E-state index contributed by atoms with van der Waals surface area (Å²) in [5.74, 6) is -0.959. The molecule has 1 heterocycles. The molecule has 0 atom stereocenters. The zero-order valence-corrected chi connectivity index (χ0v) is 8.68. The predicted octanol–water partition coefficient (Wildman–Crippen LogP) is 2.61. The van der Waals surface area contributed by atoms with Crippen molar-refractivity contribution >= 4 is 27.6 Å². The third-order valence-corrected chi connectivity index (χ3v) is 3.10. The van der Waals surface area contributed by atoms with Gasteiger partial charge in [0.1, 0.15) is 0 Å². The van der Waals surface area contributed by atoms with E-state index in [-0.39, 0.29) is 5.69 Å². The SMILES string of the molecule is Cc1cc2snc(C(=O)O)c2cc1C. The molecule has 0 saturated heterocycles. The molecule has 2 rings (SSSR count). The zero-order chi connectivity index (χ0) is 10.3. The molecule has 2 aromatic rings. The number of hydrogen-bond acceptors (Lipinski definition) is 3. The lowest BCUT2D eigenvalue weighted by Crippen LogP contribution is -1.96. The number of rotatable bonds is 1. The van der Waals surface area contributed by atoms with E-state index in [1.165, 1.54) is 11.5 Å². The highest BCUT2D eigenvalue weighted by molar-refractivity contribution is 7.13. The summed E-state index contributed by atoms with van der Waals surface area (Å²) >= 11 is 1.23. The van der Waals surface area contributed by atoms with Gasteiger partial charge in [-0.3, -0.25) is 0 Å². The van der Waals surface area contributed by atoms with Gasteiger partial charge in [-0.1, -0.05) is 0 Å². The summed E-state index contributed by atoms with van der Waals surface area (Å²) in [7, 11) is 0. The second-order valence-corrected chi connectivity index (χ2v) is 4.07. The minimum Gasteiger partial charge on any atom is -0.476 e. The Bertz CT molecular complexity index is 516. The average molecular weight is 207 g/mol. The summed E-state index contributed by atoms with van der Waals surface area (Å²) in [6, 6.07) is 3.87. The van der Waals surface area contributed by atoms with E-state index in [2.05, 4.69) is 4.37 Å². The van der Waals surface area contributed by atoms with Crippen LogP contribution >= 0.6 is 11.5 Å². The molecule has 0 spiro atoms. The van der Waals surface area contributed by atoms with E-state index in [0.717, 1.165) is 21.2 Å². The summed E-state index contributed by atoms with van der Waals surface area (Å²) in [4.78, 5) is 10.8. The highest BCUT2D eigenvalue weighted by atomic mass is 32.1. The molecule has 0 fully saturated rings. The van der Waals surface area contributed by atoms with E-state index in [9.17, 15) is 4.79 Å². The van der Waals surface area contributed by atoms with Crippen molar-refractivity contribution in [3.05, 3.63) is 29.0 Å². The van der Waals surface area contributed by atoms with Gasteiger partial charge in [-0.25, -0.2) is 4.79 Å².